The van der Waals surface area contributed by atoms with Crippen LogP contribution in [-0.2, 0) is 6.42 Å². The highest BCUT2D eigenvalue weighted by molar-refractivity contribution is 5.32. The highest BCUT2D eigenvalue weighted by Gasteiger charge is 2.05. The molecule has 2 aromatic rings. The van der Waals surface area contributed by atoms with Crippen molar-refractivity contribution in [3.63, 3.8) is 0 Å². The first-order valence-corrected chi connectivity index (χ1v) is 4.91. The predicted octanol–water partition coefficient (Wildman–Crippen LogP) is 1.75. The van der Waals surface area contributed by atoms with Crippen molar-refractivity contribution >= 4 is 5.95 Å². The molecule has 0 radical (unpaired) electrons. The molecule has 2 N–H and O–H groups in total. The van der Waals surface area contributed by atoms with E-state index in [1.54, 1.807) is 6.20 Å². The van der Waals surface area contributed by atoms with Crippen molar-refractivity contribution < 1.29 is 0 Å². The van der Waals surface area contributed by atoms with E-state index in [0.29, 0.717) is 0 Å². The van der Waals surface area contributed by atoms with Crippen LogP contribution in [0.2, 0.25) is 0 Å². The summed E-state index contributed by atoms with van der Waals surface area (Å²) in [5.41, 5.74) is 3.34. The second-order valence-electron chi connectivity index (χ2n) is 3.45. The largest absolute Gasteiger partial charge is 0.359 e. The Morgan fingerprint density at radius 3 is 2.93 bits per heavy atom. The van der Waals surface area contributed by atoms with Crippen LogP contribution in [0.15, 0.2) is 24.5 Å². The van der Waals surface area contributed by atoms with E-state index in [9.17, 15) is 0 Å². The van der Waals surface area contributed by atoms with Crippen molar-refractivity contribution in [3.05, 3.63) is 41.5 Å². The van der Waals surface area contributed by atoms with E-state index in [1.165, 1.54) is 5.56 Å². The number of hydrogen-bond donors (Lipinski definition) is 2. The molecule has 4 nitrogen and oxygen atoms in total. The third-order valence-corrected chi connectivity index (χ3v) is 2.32. The van der Waals surface area contributed by atoms with Gasteiger partial charge in [0.25, 0.3) is 0 Å². The van der Waals surface area contributed by atoms with E-state index < -0.39 is 0 Å². The quantitative estimate of drug-likeness (QED) is 0.797. The molecule has 0 fully saturated rings. The van der Waals surface area contributed by atoms with Crippen LogP contribution in [0.3, 0.4) is 0 Å². The van der Waals surface area contributed by atoms with Gasteiger partial charge in [-0.2, -0.15) is 0 Å². The van der Waals surface area contributed by atoms with Crippen molar-refractivity contribution in [1.82, 2.24) is 15.0 Å². The lowest BCUT2D eigenvalue weighted by Crippen LogP contribution is -1.92. The summed E-state index contributed by atoms with van der Waals surface area (Å²) in [5.74, 6) is 0.811. The Kier molecular flexibility index (Phi) is 2.67. The molecule has 15 heavy (non-hydrogen) atoms. The standard InChI is InChI=1S/C11H14N4/c1-8-10(15-11(12-2)14-8)6-9-4-3-5-13-7-9/h3-5,7H,6H2,1-2H3,(H2,12,14,15). The number of anilines is 1. The molecule has 2 aromatic heterocycles. The molecule has 78 valence electrons. The lowest BCUT2D eigenvalue weighted by atomic mass is 10.1. The van der Waals surface area contributed by atoms with Crippen LogP contribution in [0.4, 0.5) is 5.95 Å². The third-order valence-electron chi connectivity index (χ3n) is 2.32. The monoisotopic (exact) mass is 202 g/mol. The SMILES string of the molecule is CNc1nc(Cc2cccnc2)c(C)[nH]1. The smallest absolute Gasteiger partial charge is 0.200 e. The van der Waals surface area contributed by atoms with Crippen LogP contribution in [0.25, 0.3) is 0 Å². The Hall–Kier alpha value is -1.84. The number of rotatable bonds is 3. The van der Waals surface area contributed by atoms with Crippen molar-refractivity contribution in [1.29, 1.82) is 0 Å². The number of nitrogens with one attached hydrogen (secondary N) is 2. The van der Waals surface area contributed by atoms with Gasteiger partial charge in [-0.05, 0) is 18.6 Å². The van der Waals surface area contributed by atoms with E-state index in [2.05, 4.69) is 26.3 Å². The molecule has 0 aliphatic heterocycles. The Morgan fingerprint density at radius 1 is 1.47 bits per heavy atom. The molecular weight excluding hydrogens is 188 g/mol. The van der Waals surface area contributed by atoms with Gasteiger partial charge in [-0.15, -0.1) is 0 Å². The molecule has 0 aromatic carbocycles. The molecule has 0 amide bonds. The normalized spacial score (nSPS) is 10.3. The van der Waals surface area contributed by atoms with E-state index in [4.69, 9.17) is 0 Å². The van der Waals surface area contributed by atoms with Gasteiger partial charge >= 0.3 is 0 Å². The maximum atomic E-state index is 4.43. The first-order valence-electron chi connectivity index (χ1n) is 4.91. The van der Waals surface area contributed by atoms with Crippen molar-refractivity contribution in [3.8, 4) is 0 Å². The van der Waals surface area contributed by atoms with Crippen molar-refractivity contribution in [2.24, 2.45) is 0 Å². The highest BCUT2D eigenvalue weighted by Crippen LogP contribution is 2.12. The molecule has 4 heteroatoms. The number of imidazole rings is 1. The van der Waals surface area contributed by atoms with Gasteiger partial charge in [0.1, 0.15) is 0 Å². The Balaban J connectivity index is 2.21. The molecule has 2 rings (SSSR count). The molecule has 0 atom stereocenters. The number of nitrogens with zero attached hydrogens (tertiary/aromatic N) is 2. The van der Waals surface area contributed by atoms with Gasteiger partial charge in [0.15, 0.2) is 5.95 Å². The second-order valence-corrected chi connectivity index (χ2v) is 3.45. The molecule has 0 aliphatic rings. The Morgan fingerprint density at radius 2 is 2.33 bits per heavy atom. The van der Waals surface area contributed by atoms with Gasteiger partial charge in [0, 0.05) is 31.6 Å². The van der Waals surface area contributed by atoms with E-state index in [-0.39, 0.29) is 0 Å². The van der Waals surface area contributed by atoms with Crippen molar-refractivity contribution in [2.45, 2.75) is 13.3 Å². The minimum Gasteiger partial charge on any atom is -0.359 e. The summed E-state index contributed by atoms with van der Waals surface area (Å²) in [6, 6.07) is 4.00. The van der Waals surface area contributed by atoms with E-state index >= 15 is 0 Å². The zero-order valence-electron chi connectivity index (χ0n) is 8.91. The Bertz CT molecular complexity index is 433. The first kappa shape index (κ1) is 9.71. The fourth-order valence-corrected chi connectivity index (χ4v) is 1.48. The third kappa shape index (κ3) is 2.15. The number of hydrogen-bond acceptors (Lipinski definition) is 3. The summed E-state index contributed by atoms with van der Waals surface area (Å²) >= 11 is 0. The summed E-state index contributed by atoms with van der Waals surface area (Å²) in [5, 5.41) is 2.99. The fourth-order valence-electron chi connectivity index (χ4n) is 1.48. The van der Waals surface area contributed by atoms with E-state index in [1.807, 2.05) is 26.2 Å². The van der Waals surface area contributed by atoms with Gasteiger partial charge in [0.2, 0.25) is 0 Å². The van der Waals surface area contributed by atoms with Crippen molar-refractivity contribution in [2.75, 3.05) is 12.4 Å². The summed E-state index contributed by atoms with van der Waals surface area (Å²) in [6.07, 6.45) is 4.46. The zero-order valence-corrected chi connectivity index (χ0v) is 8.91. The lowest BCUT2D eigenvalue weighted by molar-refractivity contribution is 1.06. The lowest BCUT2D eigenvalue weighted by Gasteiger charge is -1.97. The van der Waals surface area contributed by atoms with Gasteiger partial charge in [0.05, 0.1) is 5.69 Å². The maximum Gasteiger partial charge on any atom is 0.200 e. The van der Waals surface area contributed by atoms with Crippen LogP contribution >= 0.6 is 0 Å². The molecule has 0 bridgehead atoms. The average molecular weight is 202 g/mol. The number of H-pyrrole nitrogens is 1. The molecule has 0 spiro atoms. The molecule has 0 saturated heterocycles. The van der Waals surface area contributed by atoms with Crippen LogP contribution < -0.4 is 5.32 Å². The summed E-state index contributed by atoms with van der Waals surface area (Å²) in [4.78, 5) is 11.7. The van der Waals surface area contributed by atoms with Crippen LogP contribution in [-0.4, -0.2) is 22.0 Å². The molecule has 2 heterocycles. The number of pyridine rings is 1. The van der Waals surface area contributed by atoms with Crippen LogP contribution in [0.5, 0.6) is 0 Å². The van der Waals surface area contributed by atoms with Gasteiger partial charge in [-0.1, -0.05) is 6.07 Å². The summed E-state index contributed by atoms with van der Waals surface area (Å²) in [6.45, 7) is 2.03. The highest BCUT2D eigenvalue weighted by atomic mass is 15.1. The molecule has 0 aliphatic carbocycles. The van der Waals surface area contributed by atoms with Gasteiger partial charge in [-0.25, -0.2) is 4.98 Å². The Labute approximate surface area is 88.8 Å². The number of aromatic amines is 1. The molecule has 0 saturated carbocycles. The first-order chi connectivity index (χ1) is 7.29. The van der Waals surface area contributed by atoms with Gasteiger partial charge in [-0.3, -0.25) is 4.98 Å². The predicted molar refractivity (Wildman–Crippen MR) is 59.9 cm³/mol. The van der Waals surface area contributed by atoms with E-state index in [0.717, 1.165) is 23.8 Å². The van der Waals surface area contributed by atoms with Crippen LogP contribution in [0.1, 0.15) is 17.0 Å². The topological polar surface area (TPSA) is 53.6 Å². The molecule has 0 unspecified atom stereocenters. The summed E-state index contributed by atoms with van der Waals surface area (Å²) in [7, 11) is 1.85. The minimum absolute atomic E-state index is 0.811. The maximum absolute atomic E-state index is 4.43. The summed E-state index contributed by atoms with van der Waals surface area (Å²) < 4.78 is 0. The van der Waals surface area contributed by atoms with Gasteiger partial charge < -0.3 is 10.3 Å². The number of aryl methyl sites for hydroxylation is 1. The minimum atomic E-state index is 0.811. The average Bonchev–Trinajstić information content (AvgIpc) is 2.61. The van der Waals surface area contributed by atoms with Crippen LogP contribution in [0, 0.1) is 6.92 Å². The second kappa shape index (κ2) is 4.13. The number of aromatic nitrogens is 3. The zero-order chi connectivity index (χ0) is 10.7. The molecular formula is C11H14N4. The fraction of sp³-hybridized carbons (Fsp3) is 0.273.